The highest BCUT2D eigenvalue weighted by Crippen LogP contribution is 2.34. The normalized spacial score (nSPS) is 18.9. The summed E-state index contributed by atoms with van der Waals surface area (Å²) in [4.78, 5) is 19.0. The van der Waals surface area contributed by atoms with Crippen LogP contribution in [0.1, 0.15) is 55.4 Å². The largest absolute Gasteiger partial charge is 0.308 e. The smallest absolute Gasteiger partial charge is 0.264 e. The maximum atomic E-state index is 11.8. The Balaban J connectivity index is 2.46. The van der Waals surface area contributed by atoms with Crippen LogP contribution in [0.25, 0.3) is 0 Å². The van der Waals surface area contributed by atoms with Gasteiger partial charge in [-0.2, -0.15) is 0 Å². The van der Waals surface area contributed by atoms with E-state index in [1.54, 1.807) is 0 Å². The van der Waals surface area contributed by atoms with E-state index < -0.39 is 0 Å². The van der Waals surface area contributed by atoms with E-state index in [9.17, 15) is 4.79 Å². The zero-order valence-electron chi connectivity index (χ0n) is 9.09. The Hall–Kier alpha value is -0.100. The average molecular weight is 353 g/mol. The van der Waals surface area contributed by atoms with Crippen molar-refractivity contribution >= 4 is 34.2 Å². The second-order valence-electron chi connectivity index (χ2n) is 4.25. The van der Waals surface area contributed by atoms with E-state index in [-0.39, 0.29) is 10.9 Å². The van der Waals surface area contributed by atoms with Gasteiger partial charge in [0, 0.05) is 5.92 Å². The monoisotopic (exact) mass is 352 g/mol. The topological polar surface area (TPSA) is 45.8 Å². The molecule has 0 radical (unpaired) electrons. The van der Waals surface area contributed by atoms with Gasteiger partial charge in [-0.15, -0.1) is 11.6 Å². The quantitative estimate of drug-likeness (QED) is 0.655. The van der Waals surface area contributed by atoms with Gasteiger partial charge in [0.15, 0.2) is 0 Å². The maximum absolute atomic E-state index is 11.8. The van der Waals surface area contributed by atoms with Gasteiger partial charge in [0.05, 0.1) is 14.6 Å². The third-order valence-corrected chi connectivity index (χ3v) is 4.27. The number of nitrogens with one attached hydrogen (secondary N) is 1. The molecule has 1 heterocycles. The van der Waals surface area contributed by atoms with Crippen LogP contribution in [-0.4, -0.2) is 9.97 Å². The second-order valence-corrected chi connectivity index (χ2v) is 5.98. The number of hydrogen-bond acceptors (Lipinski definition) is 2. The van der Waals surface area contributed by atoms with E-state index in [1.807, 2.05) is 6.92 Å². The van der Waals surface area contributed by atoms with Crippen molar-refractivity contribution in [3.05, 3.63) is 25.4 Å². The zero-order valence-corrected chi connectivity index (χ0v) is 12.0. The molecule has 0 aromatic carbocycles. The van der Waals surface area contributed by atoms with E-state index in [0.717, 1.165) is 22.1 Å². The Morgan fingerprint density at radius 3 is 2.69 bits per heavy atom. The van der Waals surface area contributed by atoms with Crippen molar-refractivity contribution in [2.24, 2.45) is 0 Å². The summed E-state index contributed by atoms with van der Waals surface area (Å²) in [5.74, 6) is 1.04. The van der Waals surface area contributed by atoms with E-state index in [2.05, 4.69) is 32.6 Å². The lowest BCUT2D eigenvalue weighted by atomic mass is 10.0. The summed E-state index contributed by atoms with van der Waals surface area (Å²) in [6, 6.07) is 0. The molecule has 0 saturated heterocycles. The summed E-state index contributed by atoms with van der Waals surface area (Å²) in [6.07, 6.45) is 4.76. The molecule has 1 N–H and O–H groups in total. The summed E-state index contributed by atoms with van der Waals surface area (Å²) in [5, 5.41) is -0.246. The molecule has 1 aromatic rings. The molecule has 1 atom stereocenters. The lowest BCUT2D eigenvalue weighted by Gasteiger charge is -2.12. The van der Waals surface area contributed by atoms with Crippen LogP contribution in [0, 0.1) is 3.57 Å². The SMILES string of the molecule is CC(Cl)c1nc(C2CCCC2)c(I)c(=O)[nH]1. The van der Waals surface area contributed by atoms with Crippen LogP contribution < -0.4 is 5.56 Å². The molecule has 1 saturated carbocycles. The van der Waals surface area contributed by atoms with E-state index in [0.29, 0.717) is 11.7 Å². The molecule has 5 heteroatoms. The molecular weight excluding hydrogens is 338 g/mol. The Labute approximate surface area is 113 Å². The number of H-pyrrole nitrogens is 1. The van der Waals surface area contributed by atoms with Gasteiger partial charge in [0.2, 0.25) is 0 Å². The van der Waals surface area contributed by atoms with Crippen molar-refractivity contribution in [3.63, 3.8) is 0 Å². The third kappa shape index (κ3) is 2.42. The summed E-state index contributed by atoms with van der Waals surface area (Å²) in [6.45, 7) is 1.82. The molecular formula is C11H14ClIN2O. The van der Waals surface area contributed by atoms with Gasteiger partial charge in [-0.05, 0) is 42.4 Å². The predicted molar refractivity (Wildman–Crippen MR) is 73.1 cm³/mol. The predicted octanol–water partition coefficient (Wildman–Crippen LogP) is 3.33. The Morgan fingerprint density at radius 1 is 1.50 bits per heavy atom. The van der Waals surface area contributed by atoms with Crippen molar-refractivity contribution in [2.45, 2.75) is 43.9 Å². The lowest BCUT2D eigenvalue weighted by Crippen LogP contribution is -2.19. The van der Waals surface area contributed by atoms with Crippen molar-refractivity contribution < 1.29 is 0 Å². The highest BCUT2D eigenvalue weighted by atomic mass is 127. The van der Waals surface area contributed by atoms with Crippen LogP contribution in [-0.2, 0) is 0 Å². The molecule has 1 aliphatic rings. The molecule has 1 fully saturated rings. The maximum Gasteiger partial charge on any atom is 0.264 e. The highest BCUT2D eigenvalue weighted by Gasteiger charge is 2.23. The summed E-state index contributed by atoms with van der Waals surface area (Å²) in [7, 11) is 0. The minimum Gasteiger partial charge on any atom is -0.308 e. The first-order valence-electron chi connectivity index (χ1n) is 5.53. The molecule has 0 amide bonds. The van der Waals surface area contributed by atoms with Gasteiger partial charge in [-0.3, -0.25) is 4.79 Å². The van der Waals surface area contributed by atoms with Crippen molar-refractivity contribution in [2.75, 3.05) is 0 Å². The minimum atomic E-state index is -0.246. The van der Waals surface area contributed by atoms with Gasteiger partial charge >= 0.3 is 0 Å². The Morgan fingerprint density at radius 2 is 2.12 bits per heavy atom. The summed E-state index contributed by atoms with van der Waals surface area (Å²) in [5.41, 5.74) is 0.893. The average Bonchev–Trinajstić information content (AvgIpc) is 2.74. The van der Waals surface area contributed by atoms with Gasteiger partial charge in [0.1, 0.15) is 5.82 Å². The molecule has 0 aliphatic heterocycles. The zero-order chi connectivity index (χ0) is 11.7. The molecule has 1 unspecified atom stereocenters. The van der Waals surface area contributed by atoms with Crippen molar-refractivity contribution in [1.82, 2.24) is 9.97 Å². The molecule has 88 valence electrons. The number of aromatic amines is 1. The van der Waals surface area contributed by atoms with Gasteiger partial charge in [0.25, 0.3) is 5.56 Å². The minimum absolute atomic E-state index is 0.0556. The van der Waals surface area contributed by atoms with Gasteiger partial charge in [-0.25, -0.2) is 4.98 Å². The second kappa shape index (κ2) is 5.04. The number of aromatic nitrogens is 2. The first kappa shape index (κ1) is 12.4. The first-order chi connectivity index (χ1) is 7.59. The number of nitrogens with zero attached hydrogens (tertiary/aromatic N) is 1. The van der Waals surface area contributed by atoms with E-state index >= 15 is 0 Å². The summed E-state index contributed by atoms with van der Waals surface area (Å²) >= 11 is 8.06. The van der Waals surface area contributed by atoms with Gasteiger partial charge in [-0.1, -0.05) is 12.8 Å². The molecule has 0 bridgehead atoms. The fraction of sp³-hybridized carbons (Fsp3) is 0.636. The van der Waals surface area contributed by atoms with Crippen molar-refractivity contribution in [1.29, 1.82) is 0 Å². The Kier molecular flexibility index (Phi) is 3.89. The van der Waals surface area contributed by atoms with Crippen LogP contribution in [0.2, 0.25) is 0 Å². The number of hydrogen-bond donors (Lipinski definition) is 1. The Bertz CT molecular complexity index is 438. The van der Waals surface area contributed by atoms with E-state index in [4.69, 9.17) is 11.6 Å². The molecule has 0 spiro atoms. The number of alkyl halides is 1. The van der Waals surface area contributed by atoms with Crippen LogP contribution >= 0.6 is 34.2 Å². The van der Waals surface area contributed by atoms with Crippen LogP contribution in [0.3, 0.4) is 0 Å². The van der Waals surface area contributed by atoms with Crippen LogP contribution in [0.4, 0.5) is 0 Å². The van der Waals surface area contributed by atoms with Gasteiger partial charge < -0.3 is 4.98 Å². The fourth-order valence-corrected chi connectivity index (χ4v) is 2.95. The molecule has 1 aromatic heterocycles. The highest BCUT2D eigenvalue weighted by molar-refractivity contribution is 14.1. The summed E-state index contributed by atoms with van der Waals surface area (Å²) < 4.78 is 0.727. The fourth-order valence-electron chi connectivity index (χ4n) is 2.15. The number of rotatable bonds is 2. The van der Waals surface area contributed by atoms with Crippen LogP contribution in [0.15, 0.2) is 4.79 Å². The van der Waals surface area contributed by atoms with Crippen LogP contribution in [0.5, 0.6) is 0 Å². The molecule has 1 aliphatic carbocycles. The molecule has 16 heavy (non-hydrogen) atoms. The third-order valence-electron chi connectivity index (χ3n) is 3.03. The lowest BCUT2D eigenvalue weighted by molar-refractivity contribution is 0.673. The van der Waals surface area contributed by atoms with Crippen molar-refractivity contribution in [3.8, 4) is 0 Å². The molecule has 2 rings (SSSR count). The number of halogens is 2. The molecule has 3 nitrogen and oxygen atoms in total. The van der Waals surface area contributed by atoms with E-state index in [1.165, 1.54) is 12.8 Å². The standard InChI is InChI=1S/C11H14ClIN2O/c1-6(12)10-14-9(7-4-2-3-5-7)8(13)11(16)15-10/h6-7H,2-5H2,1H3,(H,14,15,16). The first-order valence-corrected chi connectivity index (χ1v) is 7.04.